The lowest BCUT2D eigenvalue weighted by Gasteiger charge is -2.34. The number of likely N-dealkylation sites (N-methyl/N-ethyl adjacent to an activating group) is 1. The van der Waals surface area contributed by atoms with E-state index in [1.165, 1.54) is 21.9 Å². The maximum absolute atomic E-state index is 14.0. The quantitative estimate of drug-likeness (QED) is 0.218. The van der Waals surface area contributed by atoms with Gasteiger partial charge in [-0.05, 0) is 61.0 Å². The van der Waals surface area contributed by atoms with E-state index in [1.54, 1.807) is 41.3 Å². The first-order valence-electron chi connectivity index (χ1n) is 16.0. The van der Waals surface area contributed by atoms with E-state index in [0.29, 0.717) is 35.6 Å². The molecule has 1 saturated heterocycles. The van der Waals surface area contributed by atoms with Crippen LogP contribution in [0, 0.1) is 17.0 Å². The molecule has 4 aromatic rings. The van der Waals surface area contributed by atoms with Crippen LogP contribution in [-0.4, -0.2) is 84.7 Å². The molecule has 0 radical (unpaired) electrons. The molecular weight excluding hydrogens is 624 g/mol. The second-order valence-electron chi connectivity index (χ2n) is 12.2. The van der Waals surface area contributed by atoms with Crippen molar-refractivity contribution in [1.29, 1.82) is 0 Å². The second kappa shape index (κ2) is 14.1. The fourth-order valence-corrected chi connectivity index (χ4v) is 6.25. The Morgan fingerprint density at radius 1 is 0.816 bits per heavy atom. The molecule has 12 nitrogen and oxygen atoms in total. The van der Waals surface area contributed by atoms with Gasteiger partial charge in [-0.3, -0.25) is 29.3 Å². The number of rotatable bonds is 7. The minimum absolute atomic E-state index is 0.00854. The average Bonchev–Trinajstić information content (AvgIpc) is 3.24. The summed E-state index contributed by atoms with van der Waals surface area (Å²) in [6, 6.07) is 25.4. The van der Waals surface area contributed by atoms with E-state index < -0.39 is 22.4 Å². The summed E-state index contributed by atoms with van der Waals surface area (Å²) in [7, 11) is 1.99. The topological polar surface area (TPSA) is 136 Å². The Balaban J connectivity index is 1.26. The maximum Gasteiger partial charge on any atom is 0.293 e. The number of carbonyl (C=O) groups excluding carboxylic acids is 4. The Labute approximate surface area is 283 Å². The zero-order chi connectivity index (χ0) is 34.7. The van der Waals surface area contributed by atoms with Crippen LogP contribution < -0.4 is 15.1 Å². The van der Waals surface area contributed by atoms with Crippen LogP contribution in [0.15, 0.2) is 91.0 Å². The number of amides is 4. The van der Waals surface area contributed by atoms with Gasteiger partial charge in [0, 0.05) is 56.3 Å². The first kappa shape index (κ1) is 33.0. The number of hydrogen-bond donors (Lipinski definition) is 1. The van der Waals surface area contributed by atoms with Crippen LogP contribution >= 0.6 is 0 Å². The highest BCUT2D eigenvalue weighted by Crippen LogP contribution is 2.35. The molecular formula is C37H36N6O6. The summed E-state index contributed by atoms with van der Waals surface area (Å²) in [6.45, 7) is 4.41. The smallest absolute Gasteiger partial charge is 0.293 e. The van der Waals surface area contributed by atoms with E-state index >= 15 is 0 Å². The highest BCUT2D eigenvalue weighted by atomic mass is 16.6. The van der Waals surface area contributed by atoms with Crippen LogP contribution in [-0.2, 0) is 9.59 Å². The molecule has 250 valence electrons. The van der Waals surface area contributed by atoms with Crippen molar-refractivity contribution < 1.29 is 24.1 Å². The van der Waals surface area contributed by atoms with E-state index in [-0.39, 0.29) is 42.6 Å². The van der Waals surface area contributed by atoms with Gasteiger partial charge in [0.15, 0.2) is 0 Å². The molecule has 0 bridgehead atoms. The van der Waals surface area contributed by atoms with Crippen molar-refractivity contribution in [3.63, 3.8) is 0 Å². The van der Waals surface area contributed by atoms with Crippen molar-refractivity contribution in [3.8, 4) is 11.1 Å². The van der Waals surface area contributed by atoms with E-state index in [1.807, 2.05) is 50.4 Å². The molecule has 0 unspecified atom stereocenters. The molecule has 0 aliphatic carbocycles. The summed E-state index contributed by atoms with van der Waals surface area (Å²) < 4.78 is 0. The molecule has 0 spiro atoms. The minimum Gasteiger partial charge on any atom is -0.339 e. The van der Waals surface area contributed by atoms with Gasteiger partial charge in [0.2, 0.25) is 11.8 Å². The molecule has 6 rings (SSSR count). The van der Waals surface area contributed by atoms with Gasteiger partial charge >= 0.3 is 0 Å². The molecule has 0 atom stereocenters. The van der Waals surface area contributed by atoms with Gasteiger partial charge in [0.25, 0.3) is 17.5 Å². The summed E-state index contributed by atoms with van der Waals surface area (Å²) in [6.07, 6.45) is -0.0486. The van der Waals surface area contributed by atoms with Gasteiger partial charge in [-0.1, -0.05) is 54.6 Å². The molecule has 4 aromatic carbocycles. The van der Waals surface area contributed by atoms with Crippen molar-refractivity contribution in [3.05, 3.63) is 118 Å². The van der Waals surface area contributed by atoms with E-state index in [0.717, 1.165) is 30.3 Å². The zero-order valence-corrected chi connectivity index (χ0v) is 27.3. The van der Waals surface area contributed by atoms with Crippen molar-refractivity contribution >= 4 is 46.4 Å². The summed E-state index contributed by atoms with van der Waals surface area (Å²) in [5.74, 6) is -1.57. The van der Waals surface area contributed by atoms with Gasteiger partial charge < -0.3 is 24.9 Å². The monoisotopic (exact) mass is 660 g/mol. The number of hydrogen-bond acceptors (Lipinski definition) is 7. The van der Waals surface area contributed by atoms with Crippen LogP contribution in [0.5, 0.6) is 0 Å². The van der Waals surface area contributed by atoms with Gasteiger partial charge in [0.05, 0.1) is 16.3 Å². The van der Waals surface area contributed by atoms with Crippen molar-refractivity contribution in [2.75, 3.05) is 61.4 Å². The Hall–Kier alpha value is -5.88. The predicted octanol–water partition coefficient (Wildman–Crippen LogP) is 4.98. The molecule has 2 heterocycles. The first-order chi connectivity index (χ1) is 23.6. The molecule has 12 heteroatoms. The third kappa shape index (κ3) is 6.90. The van der Waals surface area contributed by atoms with Crippen LogP contribution in [0.3, 0.4) is 0 Å². The normalized spacial score (nSPS) is 15.0. The van der Waals surface area contributed by atoms with Gasteiger partial charge in [0.1, 0.15) is 12.2 Å². The molecule has 2 aliphatic heterocycles. The number of benzene rings is 4. The lowest BCUT2D eigenvalue weighted by molar-refractivity contribution is -0.383. The fourth-order valence-electron chi connectivity index (χ4n) is 6.25. The van der Waals surface area contributed by atoms with E-state index in [2.05, 4.69) is 10.2 Å². The second-order valence-corrected chi connectivity index (χ2v) is 12.2. The Morgan fingerprint density at radius 2 is 1.47 bits per heavy atom. The fraction of sp³-hybridized carbons (Fsp3) is 0.243. The van der Waals surface area contributed by atoms with Gasteiger partial charge in [-0.15, -0.1) is 0 Å². The number of anilines is 3. The van der Waals surface area contributed by atoms with Crippen molar-refractivity contribution in [2.45, 2.75) is 13.3 Å². The summed E-state index contributed by atoms with van der Waals surface area (Å²) >= 11 is 0. The van der Waals surface area contributed by atoms with Crippen LogP contribution in [0.4, 0.5) is 22.7 Å². The molecule has 1 fully saturated rings. The molecule has 2 aliphatic rings. The maximum atomic E-state index is 14.0. The SMILES string of the molecule is Cc1ccccc1-c1ccccc1C(=O)Nc1ccc(C(=O)N2CCC(=O)N(CC(=O)N3CCN(C)CC3)c3ccccc32)cc1[N+](=O)[O-]. The van der Waals surface area contributed by atoms with Crippen molar-refractivity contribution in [1.82, 2.24) is 9.80 Å². The lowest BCUT2D eigenvalue weighted by atomic mass is 9.95. The van der Waals surface area contributed by atoms with Crippen molar-refractivity contribution in [2.24, 2.45) is 0 Å². The number of piperazine rings is 1. The van der Waals surface area contributed by atoms with Crippen LogP contribution in [0.2, 0.25) is 0 Å². The zero-order valence-electron chi connectivity index (χ0n) is 27.3. The molecule has 0 saturated carbocycles. The van der Waals surface area contributed by atoms with Crippen LogP contribution in [0.1, 0.15) is 32.7 Å². The van der Waals surface area contributed by atoms with Gasteiger partial charge in [-0.2, -0.15) is 0 Å². The highest BCUT2D eigenvalue weighted by Gasteiger charge is 2.33. The summed E-state index contributed by atoms with van der Waals surface area (Å²) in [5.41, 5.74) is 3.17. The molecule has 1 N–H and O–H groups in total. The Morgan fingerprint density at radius 3 is 2.18 bits per heavy atom. The number of carbonyl (C=O) groups is 4. The molecule has 0 aromatic heterocycles. The lowest BCUT2D eigenvalue weighted by Crippen LogP contribution is -2.50. The minimum atomic E-state index is -0.648. The largest absolute Gasteiger partial charge is 0.339 e. The van der Waals surface area contributed by atoms with E-state index in [4.69, 9.17) is 0 Å². The molecule has 49 heavy (non-hydrogen) atoms. The third-order valence-corrected chi connectivity index (χ3v) is 9.00. The number of fused-ring (bicyclic) bond motifs is 1. The Bertz CT molecular complexity index is 1950. The number of nitrogens with zero attached hydrogens (tertiary/aromatic N) is 5. The van der Waals surface area contributed by atoms with Crippen LogP contribution in [0.25, 0.3) is 11.1 Å². The number of para-hydroxylation sites is 2. The summed E-state index contributed by atoms with van der Waals surface area (Å²) in [5, 5.41) is 14.9. The Kier molecular flexibility index (Phi) is 9.49. The van der Waals surface area contributed by atoms with E-state index in [9.17, 15) is 29.3 Å². The average molecular weight is 661 g/mol. The first-order valence-corrected chi connectivity index (χ1v) is 16.0. The standard InChI is InChI=1S/C37H36N6O6/c1-25-9-3-4-10-27(25)28-11-5-6-12-29(28)36(46)38-30-16-15-26(23-33(30)43(48)49)37(47)41-18-17-34(44)42(32-14-8-7-13-31(32)41)24-35(45)40-21-19-39(2)20-22-40/h3-16,23H,17-22,24H2,1-2H3,(H,38,46). The predicted molar refractivity (Wildman–Crippen MR) is 187 cm³/mol. The summed E-state index contributed by atoms with van der Waals surface area (Å²) in [4.78, 5) is 72.4. The number of nitro groups is 1. The number of aryl methyl sites for hydroxylation is 1. The van der Waals surface area contributed by atoms with Gasteiger partial charge in [-0.25, -0.2) is 0 Å². The third-order valence-electron chi connectivity index (χ3n) is 9.00. The number of nitrogens with one attached hydrogen (secondary N) is 1. The molecule has 4 amide bonds. The highest BCUT2D eigenvalue weighted by molar-refractivity contribution is 6.13. The number of nitro benzene ring substituents is 1.